The van der Waals surface area contributed by atoms with E-state index < -0.39 is 0 Å². The summed E-state index contributed by atoms with van der Waals surface area (Å²) in [5, 5.41) is 1.09. The number of carbonyl (C=O) groups is 1. The highest BCUT2D eigenvalue weighted by Gasteiger charge is 2.27. The number of carbonyl (C=O) groups excluding carboxylic acids is 1. The van der Waals surface area contributed by atoms with E-state index in [1.54, 1.807) is 0 Å². The topological polar surface area (TPSA) is 39.3 Å². The smallest absolute Gasteiger partial charge is 0.270 e. The largest absolute Gasteiger partial charge is 0.351 e. The minimum absolute atomic E-state index is 0.0901. The monoisotopic (exact) mass is 375 g/mol. The van der Waals surface area contributed by atoms with Gasteiger partial charge in [0.2, 0.25) is 0 Å². The average molecular weight is 376 g/mol. The second-order valence-electron chi connectivity index (χ2n) is 7.87. The summed E-state index contributed by atoms with van der Waals surface area (Å²) >= 11 is 0. The number of aromatic amines is 1. The summed E-state index contributed by atoms with van der Waals surface area (Å²) in [6, 6.07) is 21.0. The molecule has 2 heterocycles. The number of hydrogen-bond acceptors (Lipinski definition) is 2. The van der Waals surface area contributed by atoms with Crippen molar-refractivity contribution in [2.24, 2.45) is 0 Å². The molecule has 1 aliphatic heterocycles. The molecule has 1 fully saturated rings. The number of amides is 1. The summed E-state index contributed by atoms with van der Waals surface area (Å²) in [6.07, 6.45) is 4.51. The maximum absolute atomic E-state index is 13.0. The molecule has 1 amide bonds. The number of nitrogens with one attached hydrogen (secondary N) is 1. The van der Waals surface area contributed by atoms with Crippen LogP contribution in [0.2, 0.25) is 0 Å². The van der Waals surface area contributed by atoms with Crippen molar-refractivity contribution in [3.63, 3.8) is 0 Å². The van der Waals surface area contributed by atoms with Crippen LogP contribution in [-0.2, 0) is 6.42 Å². The average Bonchev–Trinajstić information content (AvgIpc) is 3.18. The third-order valence-electron chi connectivity index (χ3n) is 5.89. The maximum Gasteiger partial charge on any atom is 0.270 e. The van der Waals surface area contributed by atoms with Crippen molar-refractivity contribution in [2.45, 2.75) is 31.7 Å². The van der Waals surface area contributed by atoms with Crippen molar-refractivity contribution < 1.29 is 4.79 Å². The minimum Gasteiger partial charge on any atom is -0.351 e. The number of H-pyrrole nitrogens is 1. The number of aromatic nitrogens is 1. The van der Waals surface area contributed by atoms with E-state index in [0.717, 1.165) is 56.2 Å². The fraction of sp³-hybridized carbons (Fsp3) is 0.375. The molecule has 0 spiro atoms. The number of nitrogens with zero attached hydrogens (tertiary/aromatic N) is 2. The molecule has 4 nitrogen and oxygen atoms in total. The van der Waals surface area contributed by atoms with Gasteiger partial charge in [-0.3, -0.25) is 4.79 Å². The van der Waals surface area contributed by atoms with Crippen molar-refractivity contribution in [3.8, 4) is 0 Å². The maximum atomic E-state index is 13.0. The van der Waals surface area contributed by atoms with Crippen molar-refractivity contribution in [3.05, 3.63) is 71.9 Å². The van der Waals surface area contributed by atoms with E-state index in [9.17, 15) is 4.79 Å². The Kier molecular flexibility index (Phi) is 5.77. The van der Waals surface area contributed by atoms with Gasteiger partial charge >= 0.3 is 0 Å². The SMILES string of the molecule is CN(C(=O)c1cc2ccccc2[nH]1)C1CCCN(CCCc2ccccc2)C1. The molecule has 2 aromatic carbocycles. The van der Waals surface area contributed by atoms with Crippen LogP contribution in [0.25, 0.3) is 10.9 Å². The van der Waals surface area contributed by atoms with E-state index in [1.165, 1.54) is 5.56 Å². The van der Waals surface area contributed by atoms with Crippen LogP contribution in [0.5, 0.6) is 0 Å². The fourth-order valence-electron chi connectivity index (χ4n) is 4.25. The number of likely N-dealkylation sites (N-methyl/N-ethyl adjacent to an activating group) is 1. The van der Waals surface area contributed by atoms with Crippen LogP contribution in [0.1, 0.15) is 35.3 Å². The Balaban J connectivity index is 1.33. The van der Waals surface area contributed by atoms with Crippen LogP contribution in [0.15, 0.2) is 60.7 Å². The van der Waals surface area contributed by atoms with Gasteiger partial charge in [0.25, 0.3) is 5.91 Å². The summed E-state index contributed by atoms with van der Waals surface area (Å²) in [7, 11) is 1.95. The Morgan fingerprint density at radius 1 is 1.14 bits per heavy atom. The van der Waals surface area contributed by atoms with Gasteiger partial charge in [-0.15, -0.1) is 0 Å². The molecule has 28 heavy (non-hydrogen) atoms. The minimum atomic E-state index is 0.0901. The van der Waals surface area contributed by atoms with Crippen molar-refractivity contribution >= 4 is 16.8 Å². The van der Waals surface area contributed by atoms with Crippen molar-refractivity contribution in [1.82, 2.24) is 14.8 Å². The lowest BCUT2D eigenvalue weighted by atomic mass is 10.0. The molecule has 0 aliphatic carbocycles. The van der Waals surface area contributed by atoms with Crippen molar-refractivity contribution in [2.75, 3.05) is 26.7 Å². The highest BCUT2D eigenvalue weighted by Crippen LogP contribution is 2.20. The van der Waals surface area contributed by atoms with E-state index in [2.05, 4.69) is 40.2 Å². The van der Waals surface area contributed by atoms with E-state index in [1.807, 2.05) is 42.3 Å². The normalized spacial score (nSPS) is 17.7. The van der Waals surface area contributed by atoms with Gasteiger partial charge in [0.15, 0.2) is 0 Å². The first-order valence-electron chi connectivity index (χ1n) is 10.3. The van der Waals surface area contributed by atoms with E-state index in [4.69, 9.17) is 0 Å². The lowest BCUT2D eigenvalue weighted by Gasteiger charge is -2.37. The van der Waals surface area contributed by atoms with E-state index in [0.29, 0.717) is 5.69 Å². The summed E-state index contributed by atoms with van der Waals surface area (Å²) in [4.78, 5) is 20.7. The molecular weight excluding hydrogens is 346 g/mol. The standard InChI is InChI=1S/C24H29N3O/c1-26(24(28)23-17-20-12-5-6-14-22(20)25-23)21-13-8-16-27(18-21)15-7-11-19-9-3-2-4-10-19/h2-6,9-10,12,14,17,21,25H,7-8,11,13,15-16,18H2,1H3. The molecule has 146 valence electrons. The number of para-hydroxylation sites is 1. The number of likely N-dealkylation sites (tertiary alicyclic amines) is 1. The van der Waals surface area contributed by atoms with E-state index >= 15 is 0 Å². The number of piperidine rings is 1. The van der Waals surface area contributed by atoms with Gasteiger partial charge in [-0.25, -0.2) is 0 Å². The molecule has 1 unspecified atom stereocenters. The Bertz CT molecular complexity index is 885. The van der Waals surface area contributed by atoms with Gasteiger partial charge in [-0.05, 0) is 56.5 Å². The number of fused-ring (bicyclic) bond motifs is 1. The third-order valence-corrected chi connectivity index (χ3v) is 5.89. The fourth-order valence-corrected chi connectivity index (χ4v) is 4.25. The lowest BCUT2D eigenvalue weighted by Crippen LogP contribution is -2.48. The Hall–Kier alpha value is -2.59. The van der Waals surface area contributed by atoms with Gasteiger partial charge in [-0.1, -0.05) is 48.5 Å². The number of rotatable bonds is 6. The molecule has 0 radical (unpaired) electrons. The summed E-state index contributed by atoms with van der Waals surface area (Å²) in [5.74, 6) is 0.0901. The van der Waals surface area contributed by atoms with Crippen LogP contribution < -0.4 is 0 Å². The quantitative estimate of drug-likeness (QED) is 0.696. The molecule has 1 aromatic heterocycles. The van der Waals surface area contributed by atoms with Crippen molar-refractivity contribution in [1.29, 1.82) is 0 Å². The molecule has 0 saturated carbocycles. The molecule has 4 heteroatoms. The first-order chi connectivity index (χ1) is 13.7. The second-order valence-corrected chi connectivity index (χ2v) is 7.87. The van der Waals surface area contributed by atoms with Crippen LogP contribution in [0.4, 0.5) is 0 Å². The summed E-state index contributed by atoms with van der Waals surface area (Å²) < 4.78 is 0. The highest BCUT2D eigenvalue weighted by molar-refractivity contribution is 5.98. The molecule has 1 aliphatic rings. The highest BCUT2D eigenvalue weighted by atomic mass is 16.2. The second kappa shape index (κ2) is 8.61. The molecule has 1 saturated heterocycles. The molecule has 4 rings (SSSR count). The lowest BCUT2D eigenvalue weighted by molar-refractivity contribution is 0.0612. The van der Waals surface area contributed by atoms with E-state index in [-0.39, 0.29) is 11.9 Å². The summed E-state index contributed by atoms with van der Waals surface area (Å²) in [5.41, 5.74) is 3.11. The molecule has 1 atom stereocenters. The molecule has 1 N–H and O–H groups in total. The number of aryl methyl sites for hydroxylation is 1. The third kappa shape index (κ3) is 4.28. The first-order valence-corrected chi connectivity index (χ1v) is 10.3. The molecule has 0 bridgehead atoms. The zero-order valence-electron chi connectivity index (χ0n) is 16.6. The van der Waals surface area contributed by atoms with Gasteiger partial charge in [0.05, 0.1) is 0 Å². The van der Waals surface area contributed by atoms with Crippen LogP contribution >= 0.6 is 0 Å². The predicted molar refractivity (Wildman–Crippen MR) is 115 cm³/mol. The molecular formula is C24H29N3O. The Morgan fingerprint density at radius 2 is 1.93 bits per heavy atom. The van der Waals surface area contributed by atoms with Gasteiger partial charge in [0.1, 0.15) is 5.69 Å². The summed E-state index contributed by atoms with van der Waals surface area (Å²) in [6.45, 7) is 3.21. The van der Waals surface area contributed by atoms with Gasteiger partial charge < -0.3 is 14.8 Å². The predicted octanol–water partition coefficient (Wildman–Crippen LogP) is 4.34. The van der Waals surface area contributed by atoms with Gasteiger partial charge in [0, 0.05) is 30.5 Å². The Morgan fingerprint density at radius 3 is 2.75 bits per heavy atom. The number of hydrogen-bond donors (Lipinski definition) is 1. The zero-order chi connectivity index (χ0) is 19.3. The zero-order valence-corrected chi connectivity index (χ0v) is 16.6. The number of benzene rings is 2. The Labute approximate surface area is 167 Å². The van der Waals surface area contributed by atoms with Crippen LogP contribution in [0, 0.1) is 0 Å². The van der Waals surface area contributed by atoms with Crippen LogP contribution in [0.3, 0.4) is 0 Å². The first kappa shape index (κ1) is 18.8. The van der Waals surface area contributed by atoms with Gasteiger partial charge in [-0.2, -0.15) is 0 Å². The molecule has 3 aromatic rings. The van der Waals surface area contributed by atoms with Crippen LogP contribution in [-0.4, -0.2) is 53.4 Å².